The number of aliphatic hydroxyl groups is 1. The summed E-state index contributed by atoms with van der Waals surface area (Å²) in [6.45, 7) is 3.49. The second-order valence-corrected chi connectivity index (χ2v) is 11.2. The SMILES string of the molecule is Cc1ncc2n1C(=O)N(N1CCN(C(=O)[C@H](O)CS(=O)(=O)c3ccc4cc(Cl)ccc4c3)CC1)C2. The van der Waals surface area contributed by atoms with Crippen molar-refractivity contribution in [1.82, 2.24) is 24.5 Å². The molecule has 184 valence electrons. The maximum atomic E-state index is 12.9. The summed E-state index contributed by atoms with van der Waals surface area (Å²) in [4.78, 5) is 31.1. The summed E-state index contributed by atoms with van der Waals surface area (Å²) in [6, 6.07) is 9.55. The molecule has 3 heterocycles. The predicted octanol–water partition coefficient (Wildman–Crippen LogP) is 1.68. The second-order valence-electron chi connectivity index (χ2n) is 8.70. The van der Waals surface area contributed by atoms with Crippen LogP contribution in [0.5, 0.6) is 0 Å². The topological polar surface area (TPSA) is 116 Å². The summed E-state index contributed by atoms with van der Waals surface area (Å²) >= 11 is 5.98. The average molecular weight is 518 g/mol. The minimum Gasteiger partial charge on any atom is -0.382 e. The van der Waals surface area contributed by atoms with Crippen LogP contribution in [0.4, 0.5) is 4.79 Å². The van der Waals surface area contributed by atoms with Crippen LogP contribution in [-0.4, -0.2) is 88.0 Å². The maximum absolute atomic E-state index is 12.9. The number of carbonyl (C=O) groups excluding carboxylic acids is 2. The third-order valence-electron chi connectivity index (χ3n) is 6.44. The molecule has 5 rings (SSSR count). The minimum atomic E-state index is -3.91. The van der Waals surface area contributed by atoms with Crippen LogP contribution in [-0.2, 0) is 21.2 Å². The van der Waals surface area contributed by atoms with Gasteiger partial charge in [-0.2, -0.15) is 0 Å². The number of nitrogens with zero attached hydrogens (tertiary/aromatic N) is 5. The molecule has 0 aliphatic carbocycles. The molecule has 0 unspecified atom stereocenters. The summed E-state index contributed by atoms with van der Waals surface area (Å²) in [5.74, 6) is -0.724. The normalized spacial score (nSPS) is 17.7. The highest BCUT2D eigenvalue weighted by Crippen LogP contribution is 2.24. The molecule has 0 bridgehead atoms. The van der Waals surface area contributed by atoms with E-state index in [9.17, 15) is 23.1 Å². The van der Waals surface area contributed by atoms with Crippen molar-refractivity contribution in [1.29, 1.82) is 0 Å². The molecule has 2 aliphatic rings. The van der Waals surface area contributed by atoms with Gasteiger partial charge in [-0.25, -0.2) is 27.8 Å². The van der Waals surface area contributed by atoms with E-state index in [1.54, 1.807) is 47.0 Å². The molecule has 1 fully saturated rings. The van der Waals surface area contributed by atoms with Gasteiger partial charge in [-0.3, -0.25) is 9.80 Å². The average Bonchev–Trinajstić information content (AvgIpc) is 3.37. The van der Waals surface area contributed by atoms with Crippen LogP contribution in [0.15, 0.2) is 47.5 Å². The van der Waals surface area contributed by atoms with Crippen molar-refractivity contribution in [2.75, 3.05) is 31.9 Å². The Morgan fingerprint density at radius 2 is 1.80 bits per heavy atom. The monoisotopic (exact) mass is 517 g/mol. The van der Waals surface area contributed by atoms with Crippen molar-refractivity contribution in [2.45, 2.75) is 24.5 Å². The smallest absolute Gasteiger partial charge is 0.344 e. The highest BCUT2D eigenvalue weighted by molar-refractivity contribution is 7.91. The minimum absolute atomic E-state index is 0.0326. The number of fused-ring (bicyclic) bond motifs is 2. The van der Waals surface area contributed by atoms with E-state index in [0.717, 1.165) is 11.1 Å². The zero-order chi connectivity index (χ0) is 24.9. The molecular formula is C23H24ClN5O5S. The van der Waals surface area contributed by atoms with Crippen LogP contribution < -0.4 is 0 Å². The Bertz CT molecular complexity index is 1430. The molecule has 12 heteroatoms. The molecule has 10 nitrogen and oxygen atoms in total. The van der Waals surface area contributed by atoms with Crippen molar-refractivity contribution in [2.24, 2.45) is 0 Å². The van der Waals surface area contributed by atoms with Crippen LogP contribution in [0.25, 0.3) is 10.8 Å². The molecule has 1 saturated heterocycles. The molecule has 0 radical (unpaired) electrons. The van der Waals surface area contributed by atoms with Crippen molar-refractivity contribution in [3.8, 4) is 0 Å². The van der Waals surface area contributed by atoms with Crippen LogP contribution in [0.1, 0.15) is 11.5 Å². The second kappa shape index (κ2) is 8.90. The lowest BCUT2D eigenvalue weighted by Crippen LogP contribution is -2.57. The Morgan fingerprint density at radius 3 is 2.51 bits per heavy atom. The number of hydrogen-bond acceptors (Lipinski definition) is 7. The number of piperazine rings is 1. The molecule has 2 aliphatic heterocycles. The Labute approximate surface area is 207 Å². The van der Waals surface area contributed by atoms with Crippen LogP contribution in [0.2, 0.25) is 5.02 Å². The van der Waals surface area contributed by atoms with Gasteiger partial charge >= 0.3 is 6.03 Å². The van der Waals surface area contributed by atoms with Gasteiger partial charge in [0.15, 0.2) is 9.84 Å². The van der Waals surface area contributed by atoms with E-state index < -0.39 is 27.6 Å². The number of amides is 2. The van der Waals surface area contributed by atoms with Gasteiger partial charge in [0.25, 0.3) is 5.91 Å². The number of hydrazine groups is 1. The number of benzene rings is 2. The zero-order valence-corrected chi connectivity index (χ0v) is 20.5. The van der Waals surface area contributed by atoms with Crippen molar-refractivity contribution >= 4 is 44.1 Å². The molecule has 1 aromatic heterocycles. The van der Waals surface area contributed by atoms with Gasteiger partial charge in [0, 0.05) is 31.2 Å². The van der Waals surface area contributed by atoms with Crippen LogP contribution >= 0.6 is 11.6 Å². The lowest BCUT2D eigenvalue weighted by molar-refractivity contribution is -0.143. The van der Waals surface area contributed by atoms with E-state index in [0.29, 0.717) is 35.9 Å². The molecule has 2 amide bonds. The number of aliphatic hydroxyl groups excluding tert-OH is 1. The van der Waals surface area contributed by atoms with Crippen molar-refractivity contribution < 1.29 is 23.1 Å². The number of imidazole rings is 1. The number of rotatable bonds is 5. The standard InChI is InChI=1S/C23H24ClN5O5S/c1-15-25-12-19-13-28(23(32)29(15)19)27-8-6-26(7-9-27)22(31)21(30)14-35(33,34)20-5-3-16-10-18(24)4-2-17(16)11-20/h2-5,10-12,21,30H,6-9,13-14H2,1H3/t21-/m1/s1. The first-order valence-corrected chi connectivity index (χ1v) is 13.2. The van der Waals surface area contributed by atoms with Crippen molar-refractivity contribution in [3.05, 3.63) is 59.1 Å². The van der Waals surface area contributed by atoms with Crippen molar-refractivity contribution in [3.63, 3.8) is 0 Å². The fourth-order valence-corrected chi connectivity index (χ4v) is 6.07. The third kappa shape index (κ3) is 4.40. The van der Waals surface area contributed by atoms with E-state index in [-0.39, 0.29) is 24.0 Å². The molecule has 35 heavy (non-hydrogen) atoms. The fourth-order valence-electron chi connectivity index (χ4n) is 4.55. The van der Waals surface area contributed by atoms with Gasteiger partial charge in [0.05, 0.1) is 29.1 Å². The van der Waals surface area contributed by atoms with Gasteiger partial charge in [-0.15, -0.1) is 0 Å². The molecule has 0 saturated carbocycles. The lowest BCUT2D eigenvalue weighted by atomic mass is 10.1. The molecule has 2 aromatic carbocycles. The Balaban J connectivity index is 1.20. The Kier molecular flexibility index (Phi) is 6.04. The lowest BCUT2D eigenvalue weighted by Gasteiger charge is -2.39. The zero-order valence-electron chi connectivity index (χ0n) is 19.0. The number of aryl methyl sites for hydroxylation is 1. The first-order valence-electron chi connectivity index (χ1n) is 11.1. The van der Waals surface area contributed by atoms with Gasteiger partial charge < -0.3 is 10.0 Å². The molecule has 1 N–H and O–H groups in total. The van der Waals surface area contributed by atoms with E-state index in [4.69, 9.17) is 11.6 Å². The van der Waals surface area contributed by atoms with Gasteiger partial charge in [0.2, 0.25) is 0 Å². The number of sulfone groups is 1. The molecule has 3 aromatic rings. The molecule has 1 atom stereocenters. The summed E-state index contributed by atoms with van der Waals surface area (Å²) in [6.07, 6.45) is -0.00975. The number of hydrogen-bond donors (Lipinski definition) is 1. The fraction of sp³-hybridized carbons (Fsp3) is 0.348. The van der Waals surface area contributed by atoms with Crippen LogP contribution in [0.3, 0.4) is 0 Å². The summed E-state index contributed by atoms with van der Waals surface area (Å²) < 4.78 is 27.4. The van der Waals surface area contributed by atoms with E-state index in [2.05, 4.69) is 4.98 Å². The predicted molar refractivity (Wildman–Crippen MR) is 128 cm³/mol. The number of halogens is 1. The van der Waals surface area contributed by atoms with E-state index in [1.807, 2.05) is 5.01 Å². The van der Waals surface area contributed by atoms with E-state index in [1.165, 1.54) is 17.0 Å². The maximum Gasteiger partial charge on any atom is 0.344 e. The largest absolute Gasteiger partial charge is 0.382 e. The Hall–Kier alpha value is -2.99. The van der Waals surface area contributed by atoms with Gasteiger partial charge in [-0.1, -0.05) is 23.7 Å². The number of aromatic nitrogens is 2. The third-order valence-corrected chi connectivity index (χ3v) is 8.40. The first-order chi connectivity index (χ1) is 16.6. The Morgan fingerprint density at radius 1 is 1.11 bits per heavy atom. The van der Waals surface area contributed by atoms with E-state index >= 15 is 0 Å². The summed E-state index contributed by atoms with van der Waals surface area (Å²) in [5, 5.41) is 16.0. The van der Waals surface area contributed by atoms with Gasteiger partial charge in [0.1, 0.15) is 11.9 Å². The first kappa shape index (κ1) is 23.7. The highest BCUT2D eigenvalue weighted by Gasteiger charge is 2.36. The highest BCUT2D eigenvalue weighted by atomic mass is 35.5. The summed E-state index contributed by atoms with van der Waals surface area (Å²) in [7, 11) is -3.91. The number of carbonyl (C=O) groups is 2. The van der Waals surface area contributed by atoms with Crippen LogP contribution in [0, 0.1) is 6.92 Å². The quantitative estimate of drug-likeness (QED) is 0.547. The molecule has 0 spiro atoms. The molecular weight excluding hydrogens is 494 g/mol. The van der Waals surface area contributed by atoms with Gasteiger partial charge in [-0.05, 0) is 42.0 Å². The summed E-state index contributed by atoms with van der Waals surface area (Å²) in [5.41, 5.74) is 0.809.